The third-order valence-corrected chi connectivity index (χ3v) is 6.60. The lowest BCUT2D eigenvalue weighted by atomic mass is 10.2. The molecule has 0 aliphatic carbocycles. The number of benzene rings is 3. The summed E-state index contributed by atoms with van der Waals surface area (Å²) in [6.07, 6.45) is 0. The third-order valence-electron chi connectivity index (χ3n) is 5.25. The SMILES string of the molecule is COc1ccc(S(=O)(=O)NC(=O)c2cc3cccc([N+](=O)[O-])c3n2-c2cccc(NC(C)=O)c2)cc1. The van der Waals surface area contributed by atoms with E-state index < -0.39 is 20.9 Å². The zero-order chi connectivity index (χ0) is 26.0. The number of hydrogen-bond donors (Lipinski definition) is 2. The second-order valence-corrected chi connectivity index (χ2v) is 9.36. The van der Waals surface area contributed by atoms with Crippen molar-refractivity contribution < 1.29 is 27.7 Å². The van der Waals surface area contributed by atoms with Gasteiger partial charge in [0.25, 0.3) is 21.6 Å². The Kier molecular flexibility index (Phi) is 6.45. The monoisotopic (exact) mass is 508 g/mol. The first kappa shape index (κ1) is 24.4. The molecule has 0 bridgehead atoms. The van der Waals surface area contributed by atoms with Crippen LogP contribution in [0.2, 0.25) is 0 Å². The molecule has 0 spiro atoms. The molecule has 0 fully saturated rings. The van der Waals surface area contributed by atoms with Crippen molar-refractivity contribution in [2.24, 2.45) is 0 Å². The molecule has 36 heavy (non-hydrogen) atoms. The van der Waals surface area contributed by atoms with Gasteiger partial charge in [-0.15, -0.1) is 0 Å². The van der Waals surface area contributed by atoms with Crippen LogP contribution in [0.25, 0.3) is 16.6 Å². The maximum atomic E-state index is 13.3. The van der Waals surface area contributed by atoms with E-state index in [2.05, 4.69) is 5.32 Å². The van der Waals surface area contributed by atoms with Crippen molar-refractivity contribution in [1.29, 1.82) is 0 Å². The number of para-hydroxylation sites is 1. The highest BCUT2D eigenvalue weighted by Crippen LogP contribution is 2.32. The van der Waals surface area contributed by atoms with Crippen LogP contribution in [0.3, 0.4) is 0 Å². The quantitative estimate of drug-likeness (QED) is 0.286. The molecule has 2 N–H and O–H groups in total. The molecule has 0 aliphatic rings. The number of rotatable bonds is 7. The average Bonchev–Trinajstić information content (AvgIpc) is 3.23. The van der Waals surface area contributed by atoms with Gasteiger partial charge in [0.15, 0.2) is 0 Å². The number of anilines is 1. The number of nitrogens with one attached hydrogen (secondary N) is 2. The molecule has 1 aromatic heterocycles. The van der Waals surface area contributed by atoms with Crippen molar-refractivity contribution in [2.45, 2.75) is 11.8 Å². The van der Waals surface area contributed by atoms with Crippen LogP contribution in [0.15, 0.2) is 77.7 Å². The number of nitro benzene ring substituents is 1. The Hall–Kier alpha value is -4.71. The summed E-state index contributed by atoms with van der Waals surface area (Å²) in [7, 11) is -2.84. The van der Waals surface area contributed by atoms with Crippen LogP contribution in [0.4, 0.5) is 11.4 Å². The molecule has 2 amide bonds. The third kappa shape index (κ3) is 4.74. The number of fused-ring (bicyclic) bond motifs is 1. The number of hydrogen-bond acceptors (Lipinski definition) is 7. The van der Waals surface area contributed by atoms with Gasteiger partial charge in [-0.2, -0.15) is 0 Å². The molecule has 0 atom stereocenters. The molecule has 0 aliphatic heterocycles. The summed E-state index contributed by atoms with van der Waals surface area (Å²) in [5, 5.41) is 14.8. The Bertz CT molecular complexity index is 1610. The van der Waals surface area contributed by atoms with Crippen LogP contribution in [0, 0.1) is 10.1 Å². The molecular weight excluding hydrogens is 488 g/mol. The largest absolute Gasteiger partial charge is 0.497 e. The standard InChI is InChI=1S/C24H20N4O7S/c1-15(29)25-17-6-4-7-18(14-17)27-22(13-16-5-3-8-21(23(16)27)28(31)32)24(30)26-36(33,34)20-11-9-19(35-2)10-12-20/h3-14H,1-2H3,(H,25,29)(H,26,30). The Morgan fingerprint density at radius 3 is 2.33 bits per heavy atom. The van der Waals surface area contributed by atoms with E-state index in [9.17, 15) is 28.1 Å². The highest BCUT2D eigenvalue weighted by Gasteiger charge is 2.26. The fraction of sp³-hybridized carbons (Fsp3) is 0.0833. The maximum Gasteiger partial charge on any atom is 0.293 e. The van der Waals surface area contributed by atoms with E-state index in [0.29, 0.717) is 22.5 Å². The summed E-state index contributed by atoms with van der Waals surface area (Å²) in [5.41, 5.74) is 0.343. The highest BCUT2D eigenvalue weighted by atomic mass is 32.2. The Morgan fingerprint density at radius 1 is 1.00 bits per heavy atom. The van der Waals surface area contributed by atoms with Crippen molar-refractivity contribution in [1.82, 2.24) is 9.29 Å². The lowest BCUT2D eigenvalue weighted by molar-refractivity contribution is -0.383. The number of sulfonamides is 1. The fourth-order valence-electron chi connectivity index (χ4n) is 3.74. The first-order valence-electron chi connectivity index (χ1n) is 10.5. The van der Waals surface area contributed by atoms with E-state index in [1.165, 1.54) is 67.1 Å². The van der Waals surface area contributed by atoms with Gasteiger partial charge in [0.1, 0.15) is 17.0 Å². The van der Waals surface area contributed by atoms with Gasteiger partial charge >= 0.3 is 0 Å². The summed E-state index contributed by atoms with van der Waals surface area (Å²) in [4.78, 5) is 35.8. The molecule has 12 heteroatoms. The van der Waals surface area contributed by atoms with Gasteiger partial charge in [0.05, 0.1) is 16.9 Å². The number of aromatic nitrogens is 1. The fourth-order valence-corrected chi connectivity index (χ4v) is 4.70. The second-order valence-electron chi connectivity index (χ2n) is 7.68. The van der Waals surface area contributed by atoms with Crippen LogP contribution in [0.5, 0.6) is 5.75 Å². The lowest BCUT2D eigenvalue weighted by Crippen LogP contribution is -2.32. The van der Waals surface area contributed by atoms with Crippen molar-refractivity contribution in [3.05, 3.63) is 88.6 Å². The molecule has 0 unspecified atom stereocenters. The molecule has 184 valence electrons. The first-order valence-corrected chi connectivity index (χ1v) is 12.0. The van der Waals surface area contributed by atoms with Gasteiger partial charge < -0.3 is 10.1 Å². The minimum atomic E-state index is -4.28. The summed E-state index contributed by atoms with van der Waals surface area (Å²) in [5.74, 6) is -0.896. The van der Waals surface area contributed by atoms with Crippen molar-refractivity contribution in [3.63, 3.8) is 0 Å². The smallest absolute Gasteiger partial charge is 0.293 e. The number of ether oxygens (including phenoxy) is 1. The number of nitro groups is 1. The molecule has 11 nitrogen and oxygen atoms in total. The van der Waals surface area contributed by atoms with E-state index in [0.717, 1.165) is 0 Å². The van der Waals surface area contributed by atoms with E-state index in [-0.39, 0.29) is 27.7 Å². The summed E-state index contributed by atoms with van der Waals surface area (Å²) < 4.78 is 34.1. The zero-order valence-electron chi connectivity index (χ0n) is 19.1. The minimum Gasteiger partial charge on any atom is -0.497 e. The predicted octanol–water partition coefficient (Wildman–Crippen LogP) is 3.62. The van der Waals surface area contributed by atoms with Gasteiger partial charge in [-0.05, 0) is 48.5 Å². The van der Waals surface area contributed by atoms with Gasteiger partial charge in [0.2, 0.25) is 5.91 Å². The van der Waals surface area contributed by atoms with Gasteiger partial charge in [-0.25, -0.2) is 13.1 Å². The molecule has 0 saturated heterocycles. The van der Waals surface area contributed by atoms with Gasteiger partial charge in [-0.1, -0.05) is 18.2 Å². The Labute approximate surface area is 205 Å². The molecule has 4 rings (SSSR count). The van der Waals surface area contributed by atoms with E-state index in [4.69, 9.17) is 4.74 Å². The minimum absolute atomic E-state index is 0.0921. The average molecular weight is 509 g/mol. The van der Waals surface area contributed by atoms with Crippen LogP contribution >= 0.6 is 0 Å². The molecule has 1 heterocycles. The van der Waals surface area contributed by atoms with Gasteiger partial charge in [-0.3, -0.25) is 24.3 Å². The van der Waals surface area contributed by atoms with Crippen molar-refractivity contribution in [2.75, 3.05) is 12.4 Å². The topological polar surface area (TPSA) is 150 Å². The molecule has 0 radical (unpaired) electrons. The van der Waals surface area contributed by atoms with Crippen LogP contribution in [0.1, 0.15) is 17.4 Å². The predicted molar refractivity (Wildman–Crippen MR) is 132 cm³/mol. The van der Waals surface area contributed by atoms with E-state index >= 15 is 0 Å². The molecule has 0 saturated carbocycles. The Morgan fingerprint density at radius 2 is 1.69 bits per heavy atom. The number of methoxy groups -OCH3 is 1. The van der Waals surface area contributed by atoms with Crippen molar-refractivity contribution >= 4 is 44.1 Å². The number of non-ortho nitro benzene ring substituents is 1. The summed E-state index contributed by atoms with van der Waals surface area (Å²) in [6.45, 7) is 1.32. The molecule has 4 aromatic rings. The lowest BCUT2D eigenvalue weighted by Gasteiger charge is -2.13. The highest BCUT2D eigenvalue weighted by molar-refractivity contribution is 7.90. The van der Waals surface area contributed by atoms with Crippen molar-refractivity contribution in [3.8, 4) is 11.4 Å². The second kappa shape index (κ2) is 9.50. The summed E-state index contributed by atoms with van der Waals surface area (Å²) >= 11 is 0. The van der Waals surface area contributed by atoms with Gasteiger partial charge in [0, 0.05) is 29.8 Å². The normalized spacial score (nSPS) is 11.2. The number of carbonyl (C=O) groups excluding carboxylic acids is 2. The first-order chi connectivity index (χ1) is 17.1. The van der Waals surface area contributed by atoms with Crippen LogP contribution < -0.4 is 14.8 Å². The number of amides is 2. The maximum absolute atomic E-state index is 13.3. The zero-order valence-corrected chi connectivity index (χ0v) is 19.9. The van der Waals surface area contributed by atoms with Crippen LogP contribution in [-0.4, -0.2) is 36.8 Å². The number of nitrogens with zero attached hydrogens (tertiary/aromatic N) is 2. The molecule has 3 aromatic carbocycles. The Balaban J connectivity index is 1.86. The number of carbonyl (C=O) groups is 2. The summed E-state index contributed by atoms with van der Waals surface area (Å²) in [6, 6.07) is 17.4. The van der Waals surface area contributed by atoms with E-state index in [1.54, 1.807) is 24.3 Å². The van der Waals surface area contributed by atoms with E-state index in [1.807, 2.05) is 4.72 Å². The molecular formula is C24H20N4O7S. The van der Waals surface area contributed by atoms with Crippen LogP contribution in [-0.2, 0) is 14.8 Å².